The first-order chi connectivity index (χ1) is 17.7. The number of nitrogens with zero attached hydrogens (tertiary/aromatic N) is 2. The van der Waals surface area contributed by atoms with Gasteiger partial charge in [-0.15, -0.1) is 35.5 Å². The van der Waals surface area contributed by atoms with Gasteiger partial charge in [-0.25, -0.2) is 4.98 Å². The van der Waals surface area contributed by atoms with Gasteiger partial charge < -0.3 is 14.8 Å². The summed E-state index contributed by atoms with van der Waals surface area (Å²) in [5.41, 5.74) is 6.73. The molecule has 37 heavy (non-hydrogen) atoms. The summed E-state index contributed by atoms with van der Waals surface area (Å²) in [7, 11) is 0. The normalized spacial score (nSPS) is 17.6. The fourth-order valence-corrected chi connectivity index (χ4v) is 6.43. The molecule has 184 valence electrons. The first-order valence-electron chi connectivity index (χ1n) is 11.9. The number of phenolic OH excluding ortho intramolecular Hbond substituents is 1. The average Bonchev–Trinajstić information content (AvgIpc) is 3.28. The molecule has 4 aromatic carbocycles. The summed E-state index contributed by atoms with van der Waals surface area (Å²) in [6, 6.07) is 35.8. The van der Waals surface area contributed by atoms with Gasteiger partial charge in [0.1, 0.15) is 11.3 Å². The molecule has 7 rings (SSSR count). The summed E-state index contributed by atoms with van der Waals surface area (Å²) in [5.74, 6) is 1.11. The molecule has 1 aliphatic carbocycles. The Bertz CT molecular complexity index is 1670. The number of thioether (sulfide) groups is 1. The van der Waals surface area contributed by atoms with Gasteiger partial charge in [0.25, 0.3) is 0 Å². The fourth-order valence-electron chi connectivity index (χ4n) is 5.10. The van der Waals surface area contributed by atoms with Crippen LogP contribution in [0, 0.1) is 6.07 Å². The number of rotatable bonds is 3. The molecule has 0 unspecified atom stereocenters. The minimum absolute atomic E-state index is 0. The monoisotopic (exact) mass is 680 g/mol. The number of hydrogen-bond acceptors (Lipinski definition) is 5. The molecule has 4 nitrogen and oxygen atoms in total. The number of fused-ring (bicyclic) bond motifs is 6. The number of phenols is 1. The number of aromatic nitrogens is 1. The van der Waals surface area contributed by atoms with Crippen LogP contribution >= 0.6 is 11.8 Å². The van der Waals surface area contributed by atoms with Gasteiger partial charge in [-0.05, 0) is 40.8 Å². The summed E-state index contributed by atoms with van der Waals surface area (Å²) < 4.78 is 6.04. The molecule has 0 bridgehead atoms. The molecule has 5 aromatic rings. The Balaban J connectivity index is 0.00000252. The summed E-state index contributed by atoms with van der Waals surface area (Å²) in [4.78, 5) is 9.67. The van der Waals surface area contributed by atoms with Crippen LogP contribution in [0.15, 0.2) is 102 Å². The Morgan fingerprint density at radius 3 is 2.57 bits per heavy atom. The van der Waals surface area contributed by atoms with Crippen molar-refractivity contribution < 1.29 is 30.9 Å². The number of ether oxygens (including phenoxy) is 1. The second kappa shape index (κ2) is 9.81. The second-order valence-corrected chi connectivity index (χ2v) is 10.1. The van der Waals surface area contributed by atoms with E-state index in [0.717, 1.165) is 22.4 Å². The van der Waals surface area contributed by atoms with Crippen molar-refractivity contribution in [1.29, 1.82) is 0 Å². The molecular formula is C31H21N2O2PtS-. The number of benzene rings is 4. The molecule has 1 N–H and O–H groups in total. The van der Waals surface area contributed by atoms with E-state index in [1.165, 1.54) is 22.3 Å². The predicted molar refractivity (Wildman–Crippen MR) is 145 cm³/mol. The standard InChI is InChI=1S/C31H21N2O2S.Pt/c34-27-14-6-8-19-15-16-28(33-29(19)27)35-22-10-5-9-21(17-22)31-32-26-18-20-7-1-2-11-23(20)24-12-3-4-13-25(24)30(26)36-31;/h1-16,26,30,34H,18H2;/q-1;/t26-,30+;/m0./s1. The zero-order valence-electron chi connectivity index (χ0n) is 19.6. The minimum Gasteiger partial charge on any atom is -0.506 e. The molecule has 1 aliphatic heterocycles. The van der Waals surface area contributed by atoms with E-state index in [9.17, 15) is 5.11 Å². The van der Waals surface area contributed by atoms with Crippen LogP contribution in [0.5, 0.6) is 17.4 Å². The average molecular weight is 681 g/mol. The Hall–Kier alpha value is -3.40. The molecule has 0 amide bonds. The van der Waals surface area contributed by atoms with Crippen LogP contribution in [-0.4, -0.2) is 21.2 Å². The smallest absolute Gasteiger partial charge is 0.217 e. The van der Waals surface area contributed by atoms with Crippen LogP contribution in [0.25, 0.3) is 22.0 Å². The van der Waals surface area contributed by atoms with Gasteiger partial charge in [0.05, 0.1) is 6.04 Å². The Labute approximate surface area is 233 Å². The van der Waals surface area contributed by atoms with Gasteiger partial charge >= 0.3 is 0 Å². The number of aromatic hydroxyl groups is 1. The third-order valence-electron chi connectivity index (χ3n) is 6.76. The van der Waals surface area contributed by atoms with Crippen molar-refractivity contribution in [3.05, 3.63) is 120 Å². The van der Waals surface area contributed by atoms with Crippen molar-refractivity contribution in [3.8, 4) is 28.5 Å². The first-order valence-corrected chi connectivity index (χ1v) is 12.8. The molecule has 0 spiro atoms. The maximum absolute atomic E-state index is 10.2. The van der Waals surface area contributed by atoms with Gasteiger partial charge in [0.15, 0.2) is 0 Å². The van der Waals surface area contributed by atoms with Gasteiger partial charge in [0, 0.05) is 48.6 Å². The van der Waals surface area contributed by atoms with Crippen LogP contribution in [-0.2, 0) is 27.5 Å². The molecule has 2 atom stereocenters. The van der Waals surface area contributed by atoms with Crippen LogP contribution in [0.1, 0.15) is 21.9 Å². The molecule has 2 heterocycles. The zero-order chi connectivity index (χ0) is 24.1. The molecule has 6 heteroatoms. The molecule has 2 aliphatic rings. The van der Waals surface area contributed by atoms with Crippen molar-refractivity contribution in [2.75, 3.05) is 0 Å². The molecule has 1 aromatic heterocycles. The van der Waals surface area contributed by atoms with E-state index in [0.29, 0.717) is 17.1 Å². The van der Waals surface area contributed by atoms with E-state index in [1.807, 2.05) is 42.1 Å². The van der Waals surface area contributed by atoms with Crippen molar-refractivity contribution in [2.24, 2.45) is 4.99 Å². The van der Waals surface area contributed by atoms with E-state index in [-0.39, 0.29) is 38.1 Å². The van der Waals surface area contributed by atoms with Crippen molar-refractivity contribution in [3.63, 3.8) is 0 Å². The Kier molecular flexibility index (Phi) is 6.35. The quantitative estimate of drug-likeness (QED) is 0.203. The van der Waals surface area contributed by atoms with Gasteiger partial charge in [-0.2, -0.15) is 0 Å². The van der Waals surface area contributed by atoms with Crippen molar-refractivity contribution >= 4 is 27.7 Å². The number of hydrogen-bond donors (Lipinski definition) is 1. The molecule has 0 radical (unpaired) electrons. The van der Waals surface area contributed by atoms with Gasteiger partial charge in [0.2, 0.25) is 5.88 Å². The van der Waals surface area contributed by atoms with E-state index in [4.69, 9.17) is 9.73 Å². The topological polar surface area (TPSA) is 54.7 Å². The summed E-state index contributed by atoms with van der Waals surface area (Å²) in [6.45, 7) is 0. The SMILES string of the molecule is Oc1cccc2ccc(Oc3[c-]c(C4=N[C@H]5Cc6ccccc6-c6ccccc6[C@H]5S4)ccc3)nc12.[Pt]. The third-order valence-corrected chi connectivity index (χ3v) is 8.13. The Morgan fingerprint density at radius 1 is 0.838 bits per heavy atom. The van der Waals surface area contributed by atoms with E-state index in [2.05, 4.69) is 59.6 Å². The van der Waals surface area contributed by atoms with Gasteiger partial charge in [-0.1, -0.05) is 66.7 Å². The molecule has 0 saturated carbocycles. The minimum atomic E-state index is 0. The number of para-hydroxylation sites is 1. The Morgan fingerprint density at radius 2 is 1.65 bits per heavy atom. The van der Waals surface area contributed by atoms with E-state index < -0.39 is 0 Å². The number of pyridine rings is 1. The zero-order valence-corrected chi connectivity index (χ0v) is 22.7. The van der Waals surface area contributed by atoms with Crippen molar-refractivity contribution in [1.82, 2.24) is 4.98 Å². The summed E-state index contributed by atoms with van der Waals surface area (Å²) >= 11 is 1.81. The second-order valence-electron chi connectivity index (χ2n) is 9.02. The fraction of sp³-hybridized carbons (Fsp3) is 0.0968. The molecule has 0 fully saturated rings. The van der Waals surface area contributed by atoms with Crippen LogP contribution in [0.3, 0.4) is 0 Å². The summed E-state index contributed by atoms with van der Waals surface area (Å²) in [6.07, 6.45) is 0.909. The maximum atomic E-state index is 10.2. The maximum Gasteiger partial charge on any atom is 0.217 e. The predicted octanol–water partition coefficient (Wildman–Crippen LogP) is 7.36. The summed E-state index contributed by atoms with van der Waals surface area (Å²) in [5, 5.41) is 12.3. The van der Waals surface area contributed by atoms with Crippen LogP contribution in [0.2, 0.25) is 0 Å². The van der Waals surface area contributed by atoms with Crippen LogP contribution in [0.4, 0.5) is 0 Å². The third kappa shape index (κ3) is 4.37. The number of aliphatic imine (C=N–C) groups is 1. The first kappa shape index (κ1) is 24.0. The molecular weight excluding hydrogens is 659 g/mol. The van der Waals surface area contributed by atoms with E-state index in [1.54, 1.807) is 18.2 Å². The van der Waals surface area contributed by atoms with E-state index >= 15 is 0 Å². The van der Waals surface area contributed by atoms with Crippen molar-refractivity contribution in [2.45, 2.75) is 17.7 Å². The molecule has 0 saturated heterocycles. The van der Waals surface area contributed by atoms with Gasteiger partial charge in [-0.3, -0.25) is 0 Å². The van der Waals surface area contributed by atoms with Crippen LogP contribution < -0.4 is 4.74 Å². The largest absolute Gasteiger partial charge is 0.506 e.